The van der Waals surface area contributed by atoms with E-state index in [4.69, 9.17) is 9.47 Å². The van der Waals surface area contributed by atoms with E-state index in [1.54, 1.807) is 12.1 Å². The molecule has 0 unspecified atom stereocenters. The SMILES string of the molecule is COC(=O)C1(NC(=O)c2ccc(O[C@@H](C)c3ccccc3)nc2)CCCCC1. The summed E-state index contributed by atoms with van der Waals surface area (Å²) < 4.78 is 10.8. The van der Waals surface area contributed by atoms with Crippen LogP contribution >= 0.6 is 0 Å². The van der Waals surface area contributed by atoms with Gasteiger partial charge in [-0.3, -0.25) is 4.79 Å². The van der Waals surface area contributed by atoms with Gasteiger partial charge in [-0.15, -0.1) is 0 Å². The number of nitrogens with zero attached hydrogens (tertiary/aromatic N) is 1. The van der Waals surface area contributed by atoms with Crippen molar-refractivity contribution in [1.82, 2.24) is 10.3 Å². The molecule has 1 saturated carbocycles. The maximum absolute atomic E-state index is 12.7. The van der Waals surface area contributed by atoms with Crippen LogP contribution in [-0.2, 0) is 9.53 Å². The van der Waals surface area contributed by atoms with Crippen molar-refractivity contribution in [3.8, 4) is 5.88 Å². The predicted octanol–water partition coefficient (Wildman–Crippen LogP) is 3.83. The third-order valence-corrected chi connectivity index (χ3v) is 5.20. The third kappa shape index (κ3) is 4.50. The zero-order chi connectivity index (χ0) is 20.0. The first-order valence-corrected chi connectivity index (χ1v) is 9.63. The van der Waals surface area contributed by atoms with Gasteiger partial charge in [0.1, 0.15) is 11.6 Å². The molecule has 0 aliphatic heterocycles. The number of methoxy groups -OCH3 is 1. The third-order valence-electron chi connectivity index (χ3n) is 5.20. The van der Waals surface area contributed by atoms with Crippen LogP contribution in [0, 0.1) is 0 Å². The van der Waals surface area contributed by atoms with E-state index in [0.717, 1.165) is 24.8 Å². The van der Waals surface area contributed by atoms with Gasteiger partial charge in [-0.1, -0.05) is 49.6 Å². The lowest BCUT2D eigenvalue weighted by atomic mass is 9.81. The summed E-state index contributed by atoms with van der Waals surface area (Å²) in [6.45, 7) is 1.95. The van der Waals surface area contributed by atoms with Crippen molar-refractivity contribution in [1.29, 1.82) is 0 Å². The first-order valence-electron chi connectivity index (χ1n) is 9.63. The van der Waals surface area contributed by atoms with Crippen molar-refractivity contribution >= 4 is 11.9 Å². The smallest absolute Gasteiger partial charge is 0.331 e. The highest BCUT2D eigenvalue weighted by Gasteiger charge is 2.42. The fourth-order valence-electron chi connectivity index (χ4n) is 3.58. The largest absolute Gasteiger partial charge is 0.470 e. The zero-order valence-electron chi connectivity index (χ0n) is 16.3. The van der Waals surface area contributed by atoms with E-state index in [-0.39, 0.29) is 18.0 Å². The summed E-state index contributed by atoms with van der Waals surface area (Å²) in [5.74, 6) is -0.277. The molecule has 1 aromatic carbocycles. The van der Waals surface area contributed by atoms with Gasteiger partial charge in [0, 0.05) is 12.3 Å². The van der Waals surface area contributed by atoms with Gasteiger partial charge in [-0.2, -0.15) is 0 Å². The molecule has 28 heavy (non-hydrogen) atoms. The van der Waals surface area contributed by atoms with Gasteiger partial charge in [0.05, 0.1) is 12.7 Å². The number of benzene rings is 1. The van der Waals surface area contributed by atoms with Crippen LogP contribution in [0.4, 0.5) is 0 Å². The number of amides is 1. The van der Waals surface area contributed by atoms with E-state index in [0.29, 0.717) is 24.3 Å². The molecule has 1 amide bonds. The van der Waals surface area contributed by atoms with Gasteiger partial charge in [-0.25, -0.2) is 9.78 Å². The van der Waals surface area contributed by atoms with Crippen LogP contribution in [-0.4, -0.2) is 29.5 Å². The molecule has 0 bridgehead atoms. The molecule has 1 atom stereocenters. The Balaban J connectivity index is 1.67. The molecule has 0 radical (unpaired) electrons. The first kappa shape index (κ1) is 19.9. The second-order valence-corrected chi connectivity index (χ2v) is 7.14. The van der Waals surface area contributed by atoms with Crippen LogP contribution in [0.5, 0.6) is 5.88 Å². The minimum absolute atomic E-state index is 0.154. The summed E-state index contributed by atoms with van der Waals surface area (Å²) in [5.41, 5.74) is 0.484. The Morgan fingerprint density at radius 3 is 2.39 bits per heavy atom. The Hall–Kier alpha value is -2.89. The number of hydrogen-bond acceptors (Lipinski definition) is 5. The number of rotatable bonds is 6. The lowest BCUT2D eigenvalue weighted by Crippen LogP contribution is -2.56. The number of aromatic nitrogens is 1. The average molecular weight is 382 g/mol. The quantitative estimate of drug-likeness (QED) is 0.769. The van der Waals surface area contributed by atoms with Crippen LogP contribution in [0.15, 0.2) is 48.7 Å². The molecule has 1 aliphatic rings. The molecule has 2 aromatic rings. The summed E-state index contributed by atoms with van der Waals surface area (Å²) in [7, 11) is 1.35. The average Bonchev–Trinajstić information content (AvgIpc) is 2.74. The van der Waals surface area contributed by atoms with Crippen molar-refractivity contribution in [2.24, 2.45) is 0 Å². The molecule has 1 fully saturated rings. The summed E-state index contributed by atoms with van der Waals surface area (Å²) >= 11 is 0. The Labute approximate surface area is 165 Å². The van der Waals surface area contributed by atoms with Crippen LogP contribution < -0.4 is 10.1 Å². The summed E-state index contributed by atoms with van der Waals surface area (Å²) in [6, 6.07) is 13.2. The van der Waals surface area contributed by atoms with E-state index in [9.17, 15) is 9.59 Å². The van der Waals surface area contributed by atoms with Crippen LogP contribution in [0.25, 0.3) is 0 Å². The summed E-state index contributed by atoms with van der Waals surface area (Å²) in [6.07, 6.45) is 5.33. The minimum atomic E-state index is -0.943. The lowest BCUT2D eigenvalue weighted by molar-refractivity contribution is -0.149. The fraction of sp³-hybridized carbons (Fsp3) is 0.409. The predicted molar refractivity (Wildman–Crippen MR) is 105 cm³/mol. The van der Waals surface area contributed by atoms with Gasteiger partial charge in [0.25, 0.3) is 5.91 Å². The molecule has 1 aromatic heterocycles. The highest BCUT2D eigenvalue weighted by atomic mass is 16.5. The first-order chi connectivity index (χ1) is 13.5. The highest BCUT2D eigenvalue weighted by Crippen LogP contribution is 2.30. The standard InChI is InChI=1S/C22H26N2O4/c1-16(17-9-5-3-6-10-17)28-19-12-11-18(15-23-19)20(25)24-22(21(26)27-2)13-7-4-8-14-22/h3,5-6,9-12,15-16H,4,7-8,13-14H2,1-2H3,(H,24,25)/t16-/m0/s1. The number of ether oxygens (including phenoxy) is 2. The minimum Gasteiger partial charge on any atom is -0.470 e. The highest BCUT2D eigenvalue weighted by molar-refractivity contribution is 5.98. The fourth-order valence-corrected chi connectivity index (χ4v) is 3.58. The number of nitrogens with one attached hydrogen (secondary N) is 1. The van der Waals surface area contributed by atoms with Gasteiger partial charge in [-0.05, 0) is 31.4 Å². The van der Waals surface area contributed by atoms with E-state index >= 15 is 0 Å². The maximum atomic E-state index is 12.7. The van der Waals surface area contributed by atoms with Gasteiger partial charge in [0.15, 0.2) is 0 Å². The normalized spacial score (nSPS) is 16.6. The Morgan fingerprint density at radius 2 is 1.79 bits per heavy atom. The Morgan fingerprint density at radius 1 is 1.07 bits per heavy atom. The van der Waals surface area contributed by atoms with Crippen LogP contribution in [0.2, 0.25) is 0 Å². The van der Waals surface area contributed by atoms with Crippen molar-refractivity contribution in [2.75, 3.05) is 7.11 Å². The number of hydrogen-bond donors (Lipinski definition) is 1. The van der Waals surface area contributed by atoms with E-state index in [2.05, 4.69) is 10.3 Å². The van der Waals surface area contributed by atoms with Gasteiger partial charge < -0.3 is 14.8 Å². The summed E-state index contributed by atoms with van der Waals surface area (Å²) in [5, 5.41) is 2.89. The second kappa shape index (κ2) is 8.87. The van der Waals surface area contributed by atoms with Gasteiger partial charge in [0.2, 0.25) is 5.88 Å². The molecule has 148 valence electrons. The molecular formula is C22H26N2O4. The summed E-state index contributed by atoms with van der Waals surface area (Å²) in [4.78, 5) is 29.2. The molecule has 1 aliphatic carbocycles. The molecule has 0 spiro atoms. The monoisotopic (exact) mass is 382 g/mol. The number of esters is 1. The topological polar surface area (TPSA) is 77.5 Å². The van der Waals surface area contributed by atoms with Crippen molar-refractivity contribution in [3.63, 3.8) is 0 Å². The molecule has 1 heterocycles. The van der Waals surface area contributed by atoms with E-state index < -0.39 is 5.54 Å². The second-order valence-electron chi connectivity index (χ2n) is 7.14. The number of carbonyl (C=O) groups is 2. The van der Waals surface area contributed by atoms with Gasteiger partial charge >= 0.3 is 5.97 Å². The molecule has 1 N–H and O–H groups in total. The van der Waals surface area contributed by atoms with Crippen LogP contribution in [0.1, 0.15) is 61.1 Å². The van der Waals surface area contributed by atoms with Crippen molar-refractivity contribution in [3.05, 3.63) is 59.8 Å². The molecular weight excluding hydrogens is 356 g/mol. The zero-order valence-corrected chi connectivity index (χ0v) is 16.3. The van der Waals surface area contributed by atoms with E-state index in [1.165, 1.54) is 13.3 Å². The number of pyridine rings is 1. The maximum Gasteiger partial charge on any atom is 0.331 e. The lowest BCUT2D eigenvalue weighted by Gasteiger charge is -2.35. The van der Waals surface area contributed by atoms with Crippen LogP contribution in [0.3, 0.4) is 0 Å². The van der Waals surface area contributed by atoms with Crippen molar-refractivity contribution < 1.29 is 19.1 Å². The van der Waals surface area contributed by atoms with Crippen molar-refractivity contribution in [2.45, 2.75) is 50.7 Å². The Bertz CT molecular complexity index is 799. The molecule has 6 heteroatoms. The molecule has 6 nitrogen and oxygen atoms in total. The number of carbonyl (C=O) groups excluding carboxylic acids is 2. The Kier molecular flexibility index (Phi) is 6.29. The molecule has 3 rings (SSSR count). The van der Waals surface area contributed by atoms with E-state index in [1.807, 2.05) is 37.3 Å². The molecule has 0 saturated heterocycles.